The molecule has 0 saturated heterocycles. The normalized spacial score (nSPS) is 9.33. The molecule has 0 bridgehead atoms. The molecule has 15 heavy (non-hydrogen) atoms. The molecule has 1 aromatic carbocycles. The fourth-order valence-corrected chi connectivity index (χ4v) is 1.42. The van der Waals surface area contributed by atoms with Crippen LogP contribution in [0.15, 0.2) is 24.3 Å². The van der Waals surface area contributed by atoms with E-state index >= 15 is 0 Å². The highest BCUT2D eigenvalue weighted by molar-refractivity contribution is 5.22. The molecule has 0 aromatic heterocycles. The van der Waals surface area contributed by atoms with E-state index in [1.165, 1.54) is 24.0 Å². The number of hydrogen-bond acceptors (Lipinski definition) is 1. The predicted octanol–water partition coefficient (Wildman–Crippen LogP) is 3.80. The molecule has 1 nitrogen and oxygen atoms in total. The molecule has 0 saturated carbocycles. The second kappa shape index (κ2) is 9.72. The van der Waals surface area contributed by atoms with Gasteiger partial charge < -0.3 is 5.73 Å². The van der Waals surface area contributed by atoms with Gasteiger partial charge in [-0.2, -0.15) is 0 Å². The molecule has 1 aromatic rings. The van der Waals surface area contributed by atoms with E-state index in [1.807, 2.05) is 13.8 Å². The van der Waals surface area contributed by atoms with E-state index in [1.54, 1.807) is 0 Å². The standard InChI is InChI=1S/C12H19N.C2H6.H2/c1-2-11-6-8-12(9-7-11)5-3-4-10-13;1-2;/h6-9H,2-5,10,13H2,1H3;1-2H3;1H. The van der Waals surface area contributed by atoms with Crippen LogP contribution in [0.3, 0.4) is 0 Å². The fourth-order valence-electron chi connectivity index (χ4n) is 1.42. The number of benzene rings is 1. The van der Waals surface area contributed by atoms with E-state index in [2.05, 4.69) is 31.2 Å². The van der Waals surface area contributed by atoms with Crippen molar-refractivity contribution in [3.8, 4) is 0 Å². The molecule has 0 fully saturated rings. The lowest BCUT2D eigenvalue weighted by atomic mass is 10.1. The van der Waals surface area contributed by atoms with E-state index in [4.69, 9.17) is 5.73 Å². The second-order valence-electron chi connectivity index (χ2n) is 3.42. The summed E-state index contributed by atoms with van der Waals surface area (Å²) in [6.45, 7) is 7.00. The first kappa shape index (κ1) is 14.2. The van der Waals surface area contributed by atoms with E-state index in [-0.39, 0.29) is 1.43 Å². The van der Waals surface area contributed by atoms with Crippen LogP contribution in [-0.4, -0.2) is 6.54 Å². The summed E-state index contributed by atoms with van der Waals surface area (Å²) < 4.78 is 0. The average Bonchev–Trinajstić information content (AvgIpc) is 2.33. The summed E-state index contributed by atoms with van der Waals surface area (Å²) in [5.74, 6) is 0. The van der Waals surface area contributed by atoms with Crippen LogP contribution >= 0.6 is 0 Å². The summed E-state index contributed by atoms with van der Waals surface area (Å²) >= 11 is 0. The Morgan fingerprint density at radius 2 is 1.53 bits per heavy atom. The topological polar surface area (TPSA) is 26.0 Å². The van der Waals surface area contributed by atoms with Crippen molar-refractivity contribution in [3.63, 3.8) is 0 Å². The van der Waals surface area contributed by atoms with E-state index in [0.29, 0.717) is 0 Å². The summed E-state index contributed by atoms with van der Waals surface area (Å²) in [5.41, 5.74) is 8.29. The van der Waals surface area contributed by atoms with Crippen LogP contribution in [0.5, 0.6) is 0 Å². The summed E-state index contributed by atoms with van der Waals surface area (Å²) in [4.78, 5) is 0. The Balaban J connectivity index is 0. The van der Waals surface area contributed by atoms with Crippen LogP contribution in [0, 0.1) is 0 Å². The Morgan fingerprint density at radius 3 is 2.00 bits per heavy atom. The van der Waals surface area contributed by atoms with Gasteiger partial charge in [0.1, 0.15) is 0 Å². The van der Waals surface area contributed by atoms with Crippen molar-refractivity contribution >= 4 is 0 Å². The Bertz CT molecular complexity index is 231. The zero-order chi connectivity index (χ0) is 11.5. The molecule has 0 heterocycles. The maximum atomic E-state index is 5.44. The van der Waals surface area contributed by atoms with Crippen molar-refractivity contribution in [3.05, 3.63) is 35.4 Å². The summed E-state index contributed by atoms with van der Waals surface area (Å²) in [6, 6.07) is 8.90. The highest BCUT2D eigenvalue weighted by Crippen LogP contribution is 2.07. The van der Waals surface area contributed by atoms with Gasteiger partial charge in [-0.25, -0.2) is 0 Å². The fraction of sp³-hybridized carbons (Fsp3) is 0.571. The molecule has 0 aliphatic heterocycles. The summed E-state index contributed by atoms with van der Waals surface area (Å²) in [7, 11) is 0. The number of aryl methyl sites for hydroxylation is 2. The third kappa shape index (κ3) is 6.29. The SMILES string of the molecule is CC.CCc1ccc(CCCCN)cc1.[HH]. The Labute approximate surface area is 96.2 Å². The highest BCUT2D eigenvalue weighted by atomic mass is 14.5. The van der Waals surface area contributed by atoms with Gasteiger partial charge in [0.2, 0.25) is 0 Å². The first-order valence-electron chi connectivity index (χ1n) is 6.14. The van der Waals surface area contributed by atoms with Crippen LogP contribution in [0.2, 0.25) is 0 Å². The lowest BCUT2D eigenvalue weighted by molar-refractivity contribution is 0.744. The van der Waals surface area contributed by atoms with Crippen LogP contribution in [0.25, 0.3) is 0 Å². The molecule has 0 unspecified atom stereocenters. The molecule has 0 aliphatic carbocycles. The molecule has 0 radical (unpaired) electrons. The van der Waals surface area contributed by atoms with Gasteiger partial charge in [-0.05, 0) is 43.4 Å². The first-order valence-corrected chi connectivity index (χ1v) is 6.14. The minimum Gasteiger partial charge on any atom is -0.330 e. The Hall–Kier alpha value is -0.820. The molecule has 0 aliphatic rings. The first-order chi connectivity index (χ1) is 7.36. The van der Waals surface area contributed by atoms with Gasteiger partial charge in [0.15, 0.2) is 0 Å². The summed E-state index contributed by atoms with van der Waals surface area (Å²) in [5, 5.41) is 0. The lowest BCUT2D eigenvalue weighted by Gasteiger charge is -2.01. The van der Waals surface area contributed by atoms with Crippen molar-refractivity contribution in [1.82, 2.24) is 0 Å². The maximum absolute atomic E-state index is 5.44. The zero-order valence-electron chi connectivity index (χ0n) is 10.4. The van der Waals surface area contributed by atoms with Crippen molar-refractivity contribution in [1.29, 1.82) is 0 Å². The molecule has 0 spiro atoms. The minimum atomic E-state index is 0. The number of hydrogen-bond donors (Lipinski definition) is 1. The number of nitrogens with two attached hydrogens (primary N) is 1. The van der Waals surface area contributed by atoms with E-state index < -0.39 is 0 Å². The number of unbranched alkanes of at least 4 members (excludes halogenated alkanes) is 1. The minimum absolute atomic E-state index is 0. The average molecular weight is 209 g/mol. The number of rotatable bonds is 5. The highest BCUT2D eigenvalue weighted by Gasteiger charge is 1.93. The monoisotopic (exact) mass is 209 g/mol. The largest absolute Gasteiger partial charge is 0.330 e. The van der Waals surface area contributed by atoms with Gasteiger partial charge in [-0.3, -0.25) is 0 Å². The molecule has 1 heteroatoms. The third-order valence-corrected chi connectivity index (χ3v) is 2.35. The second-order valence-corrected chi connectivity index (χ2v) is 3.42. The molecular weight excluding hydrogens is 182 g/mol. The van der Waals surface area contributed by atoms with Gasteiger partial charge in [0.05, 0.1) is 0 Å². The van der Waals surface area contributed by atoms with Crippen LogP contribution < -0.4 is 5.73 Å². The van der Waals surface area contributed by atoms with Crippen molar-refractivity contribution in [2.45, 2.75) is 46.5 Å². The lowest BCUT2D eigenvalue weighted by Crippen LogP contribution is -1.98. The van der Waals surface area contributed by atoms with E-state index in [0.717, 1.165) is 19.4 Å². The van der Waals surface area contributed by atoms with Crippen molar-refractivity contribution in [2.75, 3.05) is 6.54 Å². The molecular formula is C14H27N. The molecule has 0 amide bonds. The van der Waals surface area contributed by atoms with Crippen LogP contribution in [-0.2, 0) is 12.8 Å². The van der Waals surface area contributed by atoms with Gasteiger partial charge in [0.25, 0.3) is 0 Å². The van der Waals surface area contributed by atoms with Gasteiger partial charge in [-0.1, -0.05) is 45.0 Å². The van der Waals surface area contributed by atoms with Crippen molar-refractivity contribution in [2.24, 2.45) is 5.73 Å². The van der Waals surface area contributed by atoms with Gasteiger partial charge in [-0.15, -0.1) is 0 Å². The predicted molar refractivity (Wildman–Crippen MR) is 71.3 cm³/mol. The Kier molecular flexibility index (Phi) is 9.19. The molecule has 1 rings (SSSR count). The van der Waals surface area contributed by atoms with E-state index in [9.17, 15) is 0 Å². The third-order valence-electron chi connectivity index (χ3n) is 2.35. The maximum Gasteiger partial charge on any atom is 0 e. The van der Waals surface area contributed by atoms with Gasteiger partial charge in [0, 0.05) is 1.43 Å². The quantitative estimate of drug-likeness (QED) is 0.733. The zero-order valence-corrected chi connectivity index (χ0v) is 10.4. The van der Waals surface area contributed by atoms with Crippen LogP contribution in [0.4, 0.5) is 0 Å². The molecule has 88 valence electrons. The molecule has 0 atom stereocenters. The summed E-state index contributed by atoms with van der Waals surface area (Å²) in [6.07, 6.45) is 4.64. The smallest absolute Gasteiger partial charge is 0 e. The Morgan fingerprint density at radius 1 is 1.00 bits per heavy atom. The van der Waals surface area contributed by atoms with Gasteiger partial charge >= 0.3 is 0 Å². The van der Waals surface area contributed by atoms with Crippen molar-refractivity contribution < 1.29 is 1.43 Å². The molecule has 2 N–H and O–H groups in total. The van der Waals surface area contributed by atoms with Crippen LogP contribution in [0.1, 0.15) is 46.2 Å².